The molecule has 3 nitrogen and oxygen atoms in total. The summed E-state index contributed by atoms with van der Waals surface area (Å²) < 4.78 is 0. The number of piperidine rings is 1. The Balaban J connectivity index is 2.19. The molecule has 0 bridgehead atoms. The van der Waals surface area contributed by atoms with Crippen LogP contribution in [0.2, 0.25) is 0 Å². The molecule has 1 aliphatic rings. The van der Waals surface area contributed by atoms with Crippen molar-refractivity contribution >= 4 is 11.6 Å². The molecule has 16 heavy (non-hydrogen) atoms. The number of amides is 1. The van der Waals surface area contributed by atoms with E-state index in [1.807, 2.05) is 30.0 Å². The Hall–Kier alpha value is -1.51. The van der Waals surface area contributed by atoms with Gasteiger partial charge in [0.05, 0.1) is 5.56 Å². The van der Waals surface area contributed by atoms with Gasteiger partial charge in [-0.25, -0.2) is 0 Å². The van der Waals surface area contributed by atoms with Crippen LogP contribution in [0.15, 0.2) is 18.2 Å². The van der Waals surface area contributed by atoms with Gasteiger partial charge in [0.1, 0.15) is 0 Å². The minimum Gasteiger partial charge on any atom is -0.398 e. The molecule has 1 aromatic rings. The van der Waals surface area contributed by atoms with E-state index < -0.39 is 0 Å². The Morgan fingerprint density at radius 3 is 2.56 bits per heavy atom. The average Bonchev–Trinajstić information content (AvgIpc) is 2.29. The molecule has 3 heteroatoms. The summed E-state index contributed by atoms with van der Waals surface area (Å²) in [5, 5.41) is 0. The molecule has 1 aliphatic heterocycles. The van der Waals surface area contributed by atoms with Crippen molar-refractivity contribution < 1.29 is 4.79 Å². The monoisotopic (exact) mass is 218 g/mol. The predicted octanol–water partition coefficient (Wildman–Crippen LogP) is 2.20. The molecule has 0 aromatic heterocycles. The summed E-state index contributed by atoms with van der Waals surface area (Å²) in [7, 11) is 0. The number of rotatable bonds is 1. The molecule has 0 saturated carbocycles. The number of likely N-dealkylation sites (tertiary alicyclic amines) is 1. The van der Waals surface area contributed by atoms with E-state index in [4.69, 9.17) is 5.73 Å². The van der Waals surface area contributed by atoms with Crippen LogP contribution in [0, 0.1) is 6.92 Å². The molecule has 2 rings (SSSR count). The third-order valence-electron chi connectivity index (χ3n) is 3.08. The van der Waals surface area contributed by atoms with Crippen LogP contribution in [-0.4, -0.2) is 23.9 Å². The molecule has 1 saturated heterocycles. The quantitative estimate of drug-likeness (QED) is 0.734. The molecule has 86 valence electrons. The fourth-order valence-electron chi connectivity index (χ4n) is 2.14. The summed E-state index contributed by atoms with van der Waals surface area (Å²) in [6, 6.07) is 5.63. The number of nitrogens with two attached hydrogens (primary N) is 1. The standard InChI is InChI=1S/C13H18N2O/c1-10-5-6-11(12(14)9-10)13(16)15-7-3-2-4-8-15/h5-6,9H,2-4,7-8,14H2,1H3. The summed E-state index contributed by atoms with van der Waals surface area (Å²) in [4.78, 5) is 14.1. The number of anilines is 1. The second-order valence-electron chi connectivity index (χ2n) is 4.44. The Morgan fingerprint density at radius 2 is 1.94 bits per heavy atom. The maximum absolute atomic E-state index is 12.2. The Kier molecular flexibility index (Phi) is 3.13. The third-order valence-corrected chi connectivity index (χ3v) is 3.08. The minimum absolute atomic E-state index is 0.0807. The van der Waals surface area contributed by atoms with E-state index in [0.29, 0.717) is 11.3 Å². The van der Waals surface area contributed by atoms with Gasteiger partial charge in [0.2, 0.25) is 0 Å². The summed E-state index contributed by atoms with van der Waals surface area (Å²) in [5.41, 5.74) is 8.21. The molecule has 1 fully saturated rings. The van der Waals surface area contributed by atoms with Crippen LogP contribution < -0.4 is 5.73 Å². The highest BCUT2D eigenvalue weighted by Gasteiger charge is 2.19. The van der Waals surface area contributed by atoms with Crippen LogP contribution in [-0.2, 0) is 0 Å². The van der Waals surface area contributed by atoms with E-state index in [1.54, 1.807) is 0 Å². The van der Waals surface area contributed by atoms with Gasteiger partial charge < -0.3 is 10.6 Å². The van der Waals surface area contributed by atoms with E-state index in [9.17, 15) is 4.79 Å². The van der Waals surface area contributed by atoms with Gasteiger partial charge in [-0.3, -0.25) is 4.79 Å². The van der Waals surface area contributed by atoms with Crippen molar-refractivity contribution in [1.29, 1.82) is 0 Å². The first-order valence-electron chi connectivity index (χ1n) is 5.84. The van der Waals surface area contributed by atoms with Gasteiger partial charge in [0, 0.05) is 18.8 Å². The lowest BCUT2D eigenvalue weighted by atomic mass is 10.1. The van der Waals surface area contributed by atoms with Crippen LogP contribution >= 0.6 is 0 Å². The number of carbonyl (C=O) groups is 1. The summed E-state index contributed by atoms with van der Waals surface area (Å²) >= 11 is 0. The number of carbonyl (C=O) groups excluding carboxylic acids is 1. The first-order valence-corrected chi connectivity index (χ1v) is 5.84. The first kappa shape index (κ1) is 11.0. The molecule has 1 aromatic carbocycles. The Morgan fingerprint density at radius 1 is 1.25 bits per heavy atom. The van der Waals surface area contributed by atoms with E-state index in [0.717, 1.165) is 31.5 Å². The molecule has 0 unspecified atom stereocenters. The van der Waals surface area contributed by atoms with E-state index in [1.165, 1.54) is 6.42 Å². The maximum atomic E-state index is 12.2. The normalized spacial score (nSPS) is 16.2. The zero-order valence-electron chi connectivity index (χ0n) is 9.70. The summed E-state index contributed by atoms with van der Waals surface area (Å²) in [6.45, 7) is 3.71. The van der Waals surface area contributed by atoms with Crippen molar-refractivity contribution in [1.82, 2.24) is 4.90 Å². The average molecular weight is 218 g/mol. The lowest BCUT2D eigenvalue weighted by molar-refractivity contribution is 0.0725. The Labute approximate surface area is 96.2 Å². The van der Waals surface area contributed by atoms with Gasteiger partial charge in [-0.15, -0.1) is 0 Å². The summed E-state index contributed by atoms with van der Waals surface area (Å²) in [6.07, 6.45) is 3.45. The molecule has 0 radical (unpaired) electrons. The topological polar surface area (TPSA) is 46.3 Å². The molecular weight excluding hydrogens is 200 g/mol. The largest absolute Gasteiger partial charge is 0.398 e. The minimum atomic E-state index is 0.0807. The van der Waals surface area contributed by atoms with Crippen LogP contribution in [0.4, 0.5) is 5.69 Å². The Bertz CT molecular complexity index is 395. The van der Waals surface area contributed by atoms with E-state index in [-0.39, 0.29) is 5.91 Å². The molecular formula is C13H18N2O. The van der Waals surface area contributed by atoms with Gasteiger partial charge in [-0.2, -0.15) is 0 Å². The number of aryl methyl sites for hydroxylation is 1. The van der Waals surface area contributed by atoms with E-state index >= 15 is 0 Å². The van der Waals surface area contributed by atoms with Crippen molar-refractivity contribution in [2.45, 2.75) is 26.2 Å². The smallest absolute Gasteiger partial charge is 0.255 e. The van der Waals surface area contributed by atoms with Gasteiger partial charge in [-0.05, 0) is 43.9 Å². The second kappa shape index (κ2) is 4.56. The number of nitrogen functional groups attached to an aromatic ring is 1. The highest BCUT2D eigenvalue weighted by molar-refractivity contribution is 5.99. The number of hydrogen-bond donors (Lipinski definition) is 1. The van der Waals surface area contributed by atoms with Gasteiger partial charge in [-0.1, -0.05) is 6.07 Å². The number of benzene rings is 1. The highest BCUT2D eigenvalue weighted by atomic mass is 16.2. The van der Waals surface area contributed by atoms with Crippen molar-refractivity contribution in [3.63, 3.8) is 0 Å². The summed E-state index contributed by atoms with van der Waals surface area (Å²) in [5.74, 6) is 0.0807. The van der Waals surface area contributed by atoms with E-state index in [2.05, 4.69) is 0 Å². The molecule has 0 atom stereocenters. The number of nitrogens with zero attached hydrogens (tertiary/aromatic N) is 1. The van der Waals surface area contributed by atoms with Crippen molar-refractivity contribution in [3.8, 4) is 0 Å². The van der Waals surface area contributed by atoms with Gasteiger partial charge in [0.25, 0.3) is 5.91 Å². The van der Waals surface area contributed by atoms with Crippen LogP contribution in [0.5, 0.6) is 0 Å². The van der Waals surface area contributed by atoms with Gasteiger partial charge in [0.15, 0.2) is 0 Å². The van der Waals surface area contributed by atoms with Crippen molar-refractivity contribution in [2.24, 2.45) is 0 Å². The second-order valence-corrected chi connectivity index (χ2v) is 4.44. The van der Waals surface area contributed by atoms with Crippen LogP contribution in [0.1, 0.15) is 35.2 Å². The predicted molar refractivity (Wildman–Crippen MR) is 65.3 cm³/mol. The molecule has 0 spiro atoms. The molecule has 1 heterocycles. The highest BCUT2D eigenvalue weighted by Crippen LogP contribution is 2.18. The third kappa shape index (κ3) is 2.18. The lowest BCUT2D eigenvalue weighted by Crippen LogP contribution is -2.35. The van der Waals surface area contributed by atoms with Crippen molar-refractivity contribution in [2.75, 3.05) is 18.8 Å². The first-order chi connectivity index (χ1) is 7.68. The molecule has 1 amide bonds. The van der Waals surface area contributed by atoms with Crippen molar-refractivity contribution in [3.05, 3.63) is 29.3 Å². The van der Waals surface area contributed by atoms with Crippen LogP contribution in [0.3, 0.4) is 0 Å². The molecule has 2 N–H and O–H groups in total. The fraction of sp³-hybridized carbons (Fsp3) is 0.462. The zero-order valence-corrected chi connectivity index (χ0v) is 9.70. The SMILES string of the molecule is Cc1ccc(C(=O)N2CCCCC2)c(N)c1. The zero-order chi connectivity index (χ0) is 11.5. The molecule has 0 aliphatic carbocycles. The maximum Gasteiger partial charge on any atom is 0.255 e. The lowest BCUT2D eigenvalue weighted by Gasteiger charge is -2.27. The fourth-order valence-corrected chi connectivity index (χ4v) is 2.14. The van der Waals surface area contributed by atoms with Gasteiger partial charge >= 0.3 is 0 Å². The van der Waals surface area contributed by atoms with Crippen LogP contribution in [0.25, 0.3) is 0 Å². The number of hydrogen-bond acceptors (Lipinski definition) is 2.